The van der Waals surface area contributed by atoms with E-state index in [0.29, 0.717) is 12.1 Å². The minimum Gasteiger partial charge on any atom is -0.364 e. The second kappa shape index (κ2) is 7.24. The summed E-state index contributed by atoms with van der Waals surface area (Å²) in [5, 5.41) is 11.0. The Labute approximate surface area is 126 Å². The van der Waals surface area contributed by atoms with Gasteiger partial charge in [0.1, 0.15) is 0 Å². The Kier molecular flexibility index (Phi) is 5.36. The van der Waals surface area contributed by atoms with E-state index in [1.807, 2.05) is 0 Å². The molecule has 0 bridgehead atoms. The van der Waals surface area contributed by atoms with Crippen LogP contribution in [0.15, 0.2) is 30.5 Å². The number of allylic oxidation sites excluding steroid dienone is 1. The van der Waals surface area contributed by atoms with E-state index in [0.717, 1.165) is 24.2 Å². The van der Waals surface area contributed by atoms with Gasteiger partial charge in [-0.2, -0.15) is 0 Å². The molecule has 114 valence electrons. The molecular weight excluding hydrogens is 262 g/mol. The molecule has 1 aromatic rings. The predicted octanol–water partition coefficient (Wildman–Crippen LogP) is 1.59. The summed E-state index contributed by atoms with van der Waals surface area (Å²) in [7, 11) is 1.80. The van der Waals surface area contributed by atoms with E-state index >= 15 is 0 Å². The Morgan fingerprint density at radius 3 is 2.38 bits per heavy atom. The highest BCUT2D eigenvalue weighted by atomic mass is 15.3. The largest absolute Gasteiger partial charge is 0.364 e. The fraction of sp³-hybridized carbons (Fsp3) is 0.438. The molecule has 2 rings (SSSR count). The molecule has 0 aliphatic carbocycles. The number of nitrogens with zero attached hydrogens (tertiary/aromatic N) is 1. The SMILES string of the molecule is CNN/C=C(\C=N)c1ccc(N2[C@H](C)CNC[C@@H]2C)cc1. The second-order valence-corrected chi connectivity index (χ2v) is 5.45. The summed E-state index contributed by atoms with van der Waals surface area (Å²) in [5.41, 5.74) is 8.86. The molecule has 1 saturated heterocycles. The number of rotatable bonds is 5. The zero-order valence-electron chi connectivity index (χ0n) is 13.0. The molecule has 2 atom stereocenters. The highest BCUT2D eigenvalue weighted by molar-refractivity contribution is 6.08. The first-order valence-corrected chi connectivity index (χ1v) is 7.39. The Hall–Kier alpha value is -1.85. The first-order valence-electron chi connectivity index (χ1n) is 7.39. The van der Waals surface area contributed by atoms with Crippen molar-refractivity contribution in [3.63, 3.8) is 0 Å². The number of nitrogens with one attached hydrogen (secondary N) is 4. The molecule has 1 aliphatic rings. The molecule has 21 heavy (non-hydrogen) atoms. The van der Waals surface area contributed by atoms with E-state index in [9.17, 15) is 0 Å². The highest BCUT2D eigenvalue weighted by Crippen LogP contribution is 2.24. The number of hydrogen-bond donors (Lipinski definition) is 4. The van der Waals surface area contributed by atoms with Crippen molar-refractivity contribution in [3.05, 3.63) is 36.0 Å². The fourth-order valence-electron chi connectivity index (χ4n) is 2.83. The van der Waals surface area contributed by atoms with Crippen molar-refractivity contribution in [1.82, 2.24) is 16.2 Å². The number of hydrazine groups is 1. The number of hydrogen-bond acceptors (Lipinski definition) is 5. The number of piperazine rings is 1. The normalized spacial score (nSPS) is 23.0. The predicted molar refractivity (Wildman–Crippen MR) is 89.7 cm³/mol. The summed E-state index contributed by atoms with van der Waals surface area (Å²) in [6.07, 6.45) is 3.15. The fourth-order valence-corrected chi connectivity index (χ4v) is 2.83. The van der Waals surface area contributed by atoms with Gasteiger partial charge in [-0.15, -0.1) is 0 Å². The van der Waals surface area contributed by atoms with Gasteiger partial charge in [0.05, 0.1) is 0 Å². The molecule has 0 radical (unpaired) electrons. The summed E-state index contributed by atoms with van der Waals surface area (Å²) in [6.45, 7) is 6.53. The molecule has 5 nitrogen and oxygen atoms in total. The van der Waals surface area contributed by atoms with E-state index in [-0.39, 0.29) is 0 Å². The smallest absolute Gasteiger partial charge is 0.0389 e. The molecule has 1 fully saturated rings. The van der Waals surface area contributed by atoms with Crippen LogP contribution >= 0.6 is 0 Å². The Bertz CT molecular complexity index is 484. The lowest BCUT2D eigenvalue weighted by Crippen LogP contribution is -2.55. The maximum absolute atomic E-state index is 7.51. The van der Waals surface area contributed by atoms with Gasteiger partial charge in [-0.25, -0.2) is 5.43 Å². The molecular formula is C16H25N5. The van der Waals surface area contributed by atoms with Crippen LogP contribution < -0.4 is 21.1 Å². The topological polar surface area (TPSA) is 63.2 Å². The molecule has 0 aromatic heterocycles. The molecule has 0 spiro atoms. The van der Waals surface area contributed by atoms with Gasteiger partial charge < -0.3 is 21.1 Å². The molecule has 0 unspecified atom stereocenters. The van der Waals surface area contributed by atoms with Crippen LogP contribution in [0.3, 0.4) is 0 Å². The average molecular weight is 287 g/mol. The zero-order chi connectivity index (χ0) is 15.2. The summed E-state index contributed by atoms with van der Waals surface area (Å²) in [4.78, 5) is 2.46. The Morgan fingerprint density at radius 2 is 1.86 bits per heavy atom. The van der Waals surface area contributed by atoms with Gasteiger partial charge in [-0.1, -0.05) is 12.1 Å². The summed E-state index contributed by atoms with van der Waals surface area (Å²) in [5.74, 6) is 0. The molecule has 1 aromatic carbocycles. The van der Waals surface area contributed by atoms with E-state index in [1.54, 1.807) is 13.2 Å². The third-order valence-electron chi connectivity index (χ3n) is 3.86. The van der Waals surface area contributed by atoms with Crippen LogP contribution in [0.25, 0.3) is 5.57 Å². The molecule has 0 saturated carbocycles. The van der Waals surface area contributed by atoms with Crippen LogP contribution in [-0.4, -0.2) is 38.4 Å². The molecule has 0 amide bonds. The van der Waals surface area contributed by atoms with Gasteiger partial charge in [0.2, 0.25) is 0 Å². The summed E-state index contributed by atoms with van der Waals surface area (Å²) >= 11 is 0. The van der Waals surface area contributed by atoms with Gasteiger partial charge in [0, 0.05) is 55.9 Å². The van der Waals surface area contributed by atoms with Crippen LogP contribution in [0.5, 0.6) is 0 Å². The van der Waals surface area contributed by atoms with Crippen molar-refractivity contribution < 1.29 is 0 Å². The molecule has 1 aliphatic heterocycles. The van der Waals surface area contributed by atoms with Crippen molar-refractivity contribution in [2.45, 2.75) is 25.9 Å². The van der Waals surface area contributed by atoms with Crippen molar-refractivity contribution in [1.29, 1.82) is 5.41 Å². The van der Waals surface area contributed by atoms with Crippen LogP contribution in [0.1, 0.15) is 19.4 Å². The van der Waals surface area contributed by atoms with E-state index in [4.69, 9.17) is 5.41 Å². The first-order chi connectivity index (χ1) is 10.2. The minimum atomic E-state index is 0.489. The summed E-state index contributed by atoms with van der Waals surface area (Å²) in [6, 6.07) is 9.41. The van der Waals surface area contributed by atoms with Crippen molar-refractivity contribution in [2.24, 2.45) is 0 Å². The van der Waals surface area contributed by atoms with Crippen molar-refractivity contribution >= 4 is 17.5 Å². The maximum atomic E-state index is 7.51. The third-order valence-corrected chi connectivity index (χ3v) is 3.86. The van der Waals surface area contributed by atoms with Crippen molar-refractivity contribution in [2.75, 3.05) is 25.0 Å². The van der Waals surface area contributed by atoms with Crippen LogP contribution in [0.4, 0.5) is 5.69 Å². The maximum Gasteiger partial charge on any atom is 0.0389 e. The Balaban J connectivity index is 2.19. The molecule has 5 heteroatoms. The third kappa shape index (κ3) is 3.62. The number of benzene rings is 1. The lowest BCUT2D eigenvalue weighted by atomic mass is 10.0. The molecule has 1 heterocycles. The van der Waals surface area contributed by atoms with Gasteiger partial charge in [0.15, 0.2) is 0 Å². The standard InChI is InChI=1S/C16H25N5/c1-12-9-19-10-13(2)21(12)16-6-4-14(5-7-16)15(8-17)11-20-18-3/h4-8,11-13,17-20H,9-10H2,1-3H3/b15-11+,17-8?/t12-,13+. The summed E-state index contributed by atoms with van der Waals surface area (Å²) < 4.78 is 0. The van der Waals surface area contributed by atoms with E-state index in [1.165, 1.54) is 11.9 Å². The van der Waals surface area contributed by atoms with Gasteiger partial charge >= 0.3 is 0 Å². The monoisotopic (exact) mass is 287 g/mol. The second-order valence-electron chi connectivity index (χ2n) is 5.45. The van der Waals surface area contributed by atoms with Crippen LogP contribution in [0.2, 0.25) is 0 Å². The molecule has 4 N–H and O–H groups in total. The zero-order valence-corrected chi connectivity index (χ0v) is 13.0. The Morgan fingerprint density at radius 1 is 1.24 bits per heavy atom. The van der Waals surface area contributed by atoms with Crippen molar-refractivity contribution in [3.8, 4) is 0 Å². The van der Waals surface area contributed by atoms with Gasteiger partial charge in [0.25, 0.3) is 0 Å². The van der Waals surface area contributed by atoms with Gasteiger partial charge in [-0.05, 0) is 31.5 Å². The average Bonchev–Trinajstić information content (AvgIpc) is 2.49. The quantitative estimate of drug-likeness (QED) is 0.490. The minimum absolute atomic E-state index is 0.489. The lowest BCUT2D eigenvalue weighted by Gasteiger charge is -2.41. The number of anilines is 1. The van der Waals surface area contributed by atoms with Crippen LogP contribution in [0, 0.1) is 5.41 Å². The lowest BCUT2D eigenvalue weighted by molar-refractivity contribution is 0.432. The van der Waals surface area contributed by atoms with E-state index < -0.39 is 0 Å². The highest BCUT2D eigenvalue weighted by Gasteiger charge is 2.24. The van der Waals surface area contributed by atoms with Gasteiger partial charge in [-0.3, -0.25) is 0 Å². The van der Waals surface area contributed by atoms with E-state index in [2.05, 4.69) is 59.2 Å². The first kappa shape index (κ1) is 15.5. The van der Waals surface area contributed by atoms with Crippen LogP contribution in [-0.2, 0) is 0 Å².